The van der Waals surface area contributed by atoms with Crippen molar-refractivity contribution in [3.63, 3.8) is 0 Å². The summed E-state index contributed by atoms with van der Waals surface area (Å²) < 4.78 is 26.7. The average Bonchev–Trinajstić information content (AvgIpc) is 2.79. The minimum Gasteiger partial charge on any atom is -0.481 e. The van der Waals surface area contributed by atoms with Crippen molar-refractivity contribution in [3.8, 4) is 0 Å². The molecule has 0 saturated carbocycles. The van der Waals surface area contributed by atoms with Gasteiger partial charge >= 0.3 is 5.97 Å². The van der Waals surface area contributed by atoms with Crippen molar-refractivity contribution in [1.29, 1.82) is 0 Å². The van der Waals surface area contributed by atoms with E-state index < -0.39 is 21.9 Å². The van der Waals surface area contributed by atoms with Gasteiger partial charge in [0.1, 0.15) is 0 Å². The first-order chi connectivity index (χ1) is 8.41. The fraction of sp³-hybridized carbons (Fsp3) is 0.364. The highest BCUT2D eigenvalue weighted by atomic mass is 127. The molecule has 1 N–H and O–H groups in total. The maximum atomic E-state index is 12.3. The minimum atomic E-state index is -3.56. The lowest BCUT2D eigenvalue weighted by atomic mass is 10.1. The van der Waals surface area contributed by atoms with Gasteiger partial charge in [-0.25, -0.2) is 8.42 Å². The van der Waals surface area contributed by atoms with Crippen molar-refractivity contribution < 1.29 is 18.3 Å². The van der Waals surface area contributed by atoms with Crippen LogP contribution in [0.3, 0.4) is 0 Å². The van der Waals surface area contributed by atoms with Gasteiger partial charge in [-0.05, 0) is 47.2 Å². The fourth-order valence-electron chi connectivity index (χ4n) is 1.92. The summed E-state index contributed by atoms with van der Waals surface area (Å²) in [5.74, 6) is -1.53. The van der Waals surface area contributed by atoms with Gasteiger partial charge < -0.3 is 5.11 Å². The van der Waals surface area contributed by atoms with Crippen LogP contribution in [-0.4, -0.2) is 36.9 Å². The van der Waals surface area contributed by atoms with Crippen LogP contribution in [0, 0.1) is 9.49 Å². The molecule has 0 aromatic heterocycles. The second-order valence-electron chi connectivity index (χ2n) is 4.14. The van der Waals surface area contributed by atoms with Crippen molar-refractivity contribution in [1.82, 2.24) is 4.31 Å². The summed E-state index contributed by atoms with van der Waals surface area (Å²) >= 11 is 2.05. The zero-order valence-electron chi connectivity index (χ0n) is 9.41. The van der Waals surface area contributed by atoms with E-state index >= 15 is 0 Å². The number of nitrogens with zero attached hydrogens (tertiary/aromatic N) is 1. The number of benzene rings is 1. The topological polar surface area (TPSA) is 74.7 Å². The molecule has 0 amide bonds. The first-order valence-electron chi connectivity index (χ1n) is 5.40. The van der Waals surface area contributed by atoms with Gasteiger partial charge in [0.2, 0.25) is 10.0 Å². The van der Waals surface area contributed by atoms with Crippen LogP contribution in [0.1, 0.15) is 6.42 Å². The molecule has 18 heavy (non-hydrogen) atoms. The largest absolute Gasteiger partial charge is 0.481 e. The Morgan fingerprint density at radius 3 is 2.72 bits per heavy atom. The number of aliphatic carboxylic acids is 1. The molecule has 7 heteroatoms. The van der Waals surface area contributed by atoms with E-state index in [1.54, 1.807) is 12.1 Å². The third-order valence-electron chi connectivity index (χ3n) is 2.93. The van der Waals surface area contributed by atoms with Crippen LogP contribution in [0.15, 0.2) is 29.2 Å². The molecule has 98 valence electrons. The molecule has 0 radical (unpaired) electrons. The van der Waals surface area contributed by atoms with E-state index in [0.29, 0.717) is 6.42 Å². The van der Waals surface area contributed by atoms with Crippen LogP contribution >= 0.6 is 22.6 Å². The normalized spacial score (nSPS) is 21.1. The van der Waals surface area contributed by atoms with E-state index in [2.05, 4.69) is 0 Å². The molecular weight excluding hydrogens is 369 g/mol. The third-order valence-corrected chi connectivity index (χ3v) is 5.47. The first-order valence-corrected chi connectivity index (χ1v) is 7.91. The molecular formula is C11H12INO4S. The molecule has 1 aromatic rings. The molecule has 1 fully saturated rings. The number of halogens is 1. The van der Waals surface area contributed by atoms with Gasteiger partial charge in [0.05, 0.1) is 10.8 Å². The quantitative estimate of drug-likeness (QED) is 0.804. The predicted molar refractivity (Wildman–Crippen MR) is 73.7 cm³/mol. The van der Waals surface area contributed by atoms with Crippen molar-refractivity contribution in [3.05, 3.63) is 27.8 Å². The summed E-state index contributed by atoms with van der Waals surface area (Å²) in [6.07, 6.45) is 0.374. The number of carbonyl (C=O) groups is 1. The molecule has 0 spiro atoms. The van der Waals surface area contributed by atoms with Crippen LogP contribution in [0.25, 0.3) is 0 Å². The Kier molecular flexibility index (Phi) is 3.93. The van der Waals surface area contributed by atoms with Crippen LogP contribution in [-0.2, 0) is 14.8 Å². The van der Waals surface area contributed by atoms with Crippen molar-refractivity contribution >= 4 is 38.6 Å². The molecule has 0 bridgehead atoms. The SMILES string of the molecule is O=C(O)C1CCN(S(=O)(=O)c2cccc(I)c2)C1. The van der Waals surface area contributed by atoms with Crippen LogP contribution < -0.4 is 0 Å². The second-order valence-corrected chi connectivity index (χ2v) is 7.33. The lowest BCUT2D eigenvalue weighted by molar-refractivity contribution is -0.141. The van der Waals surface area contributed by atoms with Crippen LogP contribution in [0.2, 0.25) is 0 Å². The Hall–Kier alpha value is -0.670. The highest BCUT2D eigenvalue weighted by molar-refractivity contribution is 14.1. The zero-order valence-corrected chi connectivity index (χ0v) is 12.4. The van der Waals surface area contributed by atoms with Gasteiger partial charge in [0.25, 0.3) is 0 Å². The Morgan fingerprint density at radius 1 is 1.44 bits per heavy atom. The van der Waals surface area contributed by atoms with E-state index in [-0.39, 0.29) is 18.0 Å². The predicted octanol–water partition coefficient (Wildman–Crippen LogP) is 1.39. The van der Waals surface area contributed by atoms with Gasteiger partial charge in [0.15, 0.2) is 0 Å². The van der Waals surface area contributed by atoms with E-state index in [9.17, 15) is 13.2 Å². The molecule has 1 saturated heterocycles. The first kappa shape index (κ1) is 13.8. The maximum absolute atomic E-state index is 12.3. The third kappa shape index (κ3) is 2.67. The molecule has 0 aliphatic carbocycles. The summed E-state index contributed by atoms with van der Waals surface area (Å²) in [5.41, 5.74) is 0. The molecule has 5 nitrogen and oxygen atoms in total. The molecule has 1 aromatic carbocycles. The minimum absolute atomic E-state index is 0.0587. The summed E-state index contributed by atoms with van der Waals surface area (Å²) in [5, 5.41) is 8.89. The van der Waals surface area contributed by atoms with Gasteiger partial charge in [-0.3, -0.25) is 4.79 Å². The molecule has 2 rings (SSSR count). The van der Waals surface area contributed by atoms with E-state index in [4.69, 9.17) is 5.11 Å². The molecule has 1 unspecified atom stereocenters. The molecule has 1 heterocycles. The number of hydrogen-bond acceptors (Lipinski definition) is 3. The van der Waals surface area contributed by atoms with Crippen LogP contribution in [0.5, 0.6) is 0 Å². The highest BCUT2D eigenvalue weighted by Gasteiger charge is 2.35. The van der Waals surface area contributed by atoms with Crippen molar-refractivity contribution in [2.75, 3.05) is 13.1 Å². The second kappa shape index (κ2) is 5.14. The maximum Gasteiger partial charge on any atom is 0.307 e. The number of rotatable bonds is 3. The smallest absolute Gasteiger partial charge is 0.307 e. The molecule has 1 aliphatic rings. The standard InChI is InChI=1S/C11H12INO4S/c12-9-2-1-3-10(6-9)18(16,17)13-5-4-8(7-13)11(14)15/h1-3,6,8H,4-5,7H2,(H,14,15). The molecule has 1 atom stereocenters. The zero-order chi connectivity index (χ0) is 13.3. The number of sulfonamides is 1. The van der Waals surface area contributed by atoms with E-state index in [1.165, 1.54) is 10.4 Å². The fourth-order valence-corrected chi connectivity index (χ4v) is 4.23. The Morgan fingerprint density at radius 2 is 2.17 bits per heavy atom. The van der Waals surface area contributed by atoms with E-state index in [1.807, 2.05) is 28.7 Å². The Bertz CT molecular complexity index is 572. The van der Waals surface area contributed by atoms with Crippen molar-refractivity contribution in [2.45, 2.75) is 11.3 Å². The number of carboxylic acids is 1. The highest BCUT2D eigenvalue weighted by Crippen LogP contribution is 2.25. The average molecular weight is 381 g/mol. The Balaban J connectivity index is 2.25. The number of carboxylic acid groups (broad SMARTS) is 1. The Labute approximate surface area is 119 Å². The van der Waals surface area contributed by atoms with Gasteiger partial charge in [-0.2, -0.15) is 4.31 Å². The van der Waals surface area contributed by atoms with E-state index in [0.717, 1.165) is 3.57 Å². The van der Waals surface area contributed by atoms with Crippen molar-refractivity contribution in [2.24, 2.45) is 5.92 Å². The summed E-state index contributed by atoms with van der Waals surface area (Å²) in [6, 6.07) is 6.61. The number of hydrogen-bond donors (Lipinski definition) is 1. The lowest BCUT2D eigenvalue weighted by Crippen LogP contribution is -2.30. The monoisotopic (exact) mass is 381 g/mol. The summed E-state index contributed by atoms with van der Waals surface area (Å²) in [4.78, 5) is 11.1. The summed E-state index contributed by atoms with van der Waals surface area (Å²) in [7, 11) is -3.56. The van der Waals surface area contributed by atoms with Gasteiger partial charge in [0, 0.05) is 16.7 Å². The molecule has 1 aliphatic heterocycles. The summed E-state index contributed by atoms with van der Waals surface area (Å²) in [6.45, 7) is 0.327. The van der Waals surface area contributed by atoms with Gasteiger partial charge in [-0.15, -0.1) is 0 Å². The van der Waals surface area contributed by atoms with Gasteiger partial charge in [-0.1, -0.05) is 6.07 Å². The van der Waals surface area contributed by atoms with Crippen LogP contribution in [0.4, 0.5) is 0 Å². The lowest BCUT2D eigenvalue weighted by Gasteiger charge is -2.16.